The molecule has 0 spiro atoms. The standard InChI is InChI=1S/C13H21NO/c1-4-6-7-12(14-9-5-2)13-11(3)8-10-15-13/h4,8,10,12,14H,1,5-7,9H2,2-3H3. The Morgan fingerprint density at radius 2 is 2.40 bits per heavy atom. The van der Waals surface area contributed by atoms with Crippen molar-refractivity contribution in [2.75, 3.05) is 6.54 Å². The highest BCUT2D eigenvalue weighted by atomic mass is 16.3. The van der Waals surface area contributed by atoms with Gasteiger partial charge in [0.15, 0.2) is 0 Å². The molecule has 0 aliphatic heterocycles. The van der Waals surface area contributed by atoms with E-state index in [1.807, 2.05) is 12.1 Å². The third kappa shape index (κ3) is 3.56. The van der Waals surface area contributed by atoms with E-state index in [2.05, 4.69) is 25.7 Å². The minimum absolute atomic E-state index is 0.331. The van der Waals surface area contributed by atoms with E-state index in [4.69, 9.17) is 4.42 Å². The van der Waals surface area contributed by atoms with E-state index in [0.29, 0.717) is 6.04 Å². The normalized spacial score (nSPS) is 12.7. The zero-order valence-electron chi connectivity index (χ0n) is 9.75. The van der Waals surface area contributed by atoms with Crippen molar-refractivity contribution in [3.8, 4) is 0 Å². The van der Waals surface area contributed by atoms with Gasteiger partial charge in [-0.2, -0.15) is 0 Å². The van der Waals surface area contributed by atoms with Crippen LogP contribution in [0.15, 0.2) is 29.4 Å². The second-order valence-corrected chi connectivity index (χ2v) is 3.84. The Morgan fingerprint density at radius 1 is 1.60 bits per heavy atom. The Hall–Kier alpha value is -1.02. The molecule has 0 saturated heterocycles. The third-order valence-corrected chi connectivity index (χ3v) is 2.52. The smallest absolute Gasteiger partial charge is 0.123 e. The monoisotopic (exact) mass is 207 g/mol. The van der Waals surface area contributed by atoms with Crippen LogP contribution in [0.2, 0.25) is 0 Å². The van der Waals surface area contributed by atoms with Gasteiger partial charge in [-0.05, 0) is 44.4 Å². The first-order valence-electron chi connectivity index (χ1n) is 5.67. The van der Waals surface area contributed by atoms with E-state index in [1.165, 1.54) is 5.56 Å². The average Bonchev–Trinajstić information content (AvgIpc) is 2.65. The lowest BCUT2D eigenvalue weighted by Gasteiger charge is -2.16. The van der Waals surface area contributed by atoms with Gasteiger partial charge in [0.2, 0.25) is 0 Å². The van der Waals surface area contributed by atoms with E-state index in [-0.39, 0.29) is 0 Å². The van der Waals surface area contributed by atoms with Crippen LogP contribution in [0.25, 0.3) is 0 Å². The van der Waals surface area contributed by atoms with Gasteiger partial charge in [-0.25, -0.2) is 0 Å². The summed E-state index contributed by atoms with van der Waals surface area (Å²) in [6.07, 6.45) is 6.93. The quantitative estimate of drug-likeness (QED) is 0.691. The molecular formula is C13H21NO. The lowest BCUT2D eigenvalue weighted by molar-refractivity contribution is 0.395. The minimum atomic E-state index is 0.331. The van der Waals surface area contributed by atoms with Crippen LogP contribution >= 0.6 is 0 Å². The van der Waals surface area contributed by atoms with Crippen LogP contribution in [-0.4, -0.2) is 6.54 Å². The van der Waals surface area contributed by atoms with E-state index < -0.39 is 0 Å². The summed E-state index contributed by atoms with van der Waals surface area (Å²) >= 11 is 0. The van der Waals surface area contributed by atoms with Crippen LogP contribution in [0.3, 0.4) is 0 Å². The molecule has 1 atom stereocenters. The van der Waals surface area contributed by atoms with Gasteiger partial charge in [0.1, 0.15) is 5.76 Å². The Labute approximate surface area is 92.4 Å². The predicted molar refractivity (Wildman–Crippen MR) is 63.9 cm³/mol. The van der Waals surface area contributed by atoms with Crippen molar-refractivity contribution in [2.24, 2.45) is 0 Å². The molecule has 84 valence electrons. The lowest BCUT2D eigenvalue weighted by Crippen LogP contribution is -2.22. The second-order valence-electron chi connectivity index (χ2n) is 3.84. The van der Waals surface area contributed by atoms with Crippen molar-refractivity contribution in [2.45, 2.75) is 39.2 Å². The minimum Gasteiger partial charge on any atom is -0.467 e. The van der Waals surface area contributed by atoms with Crippen molar-refractivity contribution in [3.05, 3.63) is 36.3 Å². The molecule has 0 aromatic carbocycles. The first-order valence-corrected chi connectivity index (χ1v) is 5.67. The van der Waals surface area contributed by atoms with E-state index >= 15 is 0 Å². The number of hydrogen-bond donors (Lipinski definition) is 1. The number of furan rings is 1. The summed E-state index contributed by atoms with van der Waals surface area (Å²) in [6.45, 7) is 9.05. The van der Waals surface area contributed by atoms with Crippen molar-refractivity contribution < 1.29 is 4.42 Å². The van der Waals surface area contributed by atoms with Gasteiger partial charge in [0, 0.05) is 0 Å². The number of allylic oxidation sites excluding steroid dienone is 1. The van der Waals surface area contributed by atoms with Crippen molar-refractivity contribution >= 4 is 0 Å². The molecule has 1 N–H and O–H groups in total. The highest BCUT2D eigenvalue weighted by Crippen LogP contribution is 2.22. The molecule has 0 saturated carbocycles. The fourth-order valence-corrected chi connectivity index (χ4v) is 1.67. The average molecular weight is 207 g/mol. The molecular weight excluding hydrogens is 186 g/mol. The van der Waals surface area contributed by atoms with Crippen LogP contribution in [0, 0.1) is 6.92 Å². The number of rotatable bonds is 7. The zero-order chi connectivity index (χ0) is 11.1. The maximum Gasteiger partial charge on any atom is 0.123 e. The summed E-state index contributed by atoms with van der Waals surface area (Å²) in [4.78, 5) is 0. The van der Waals surface area contributed by atoms with Crippen LogP contribution in [-0.2, 0) is 0 Å². The molecule has 2 nitrogen and oxygen atoms in total. The molecule has 1 aromatic heterocycles. The largest absolute Gasteiger partial charge is 0.467 e. The SMILES string of the molecule is C=CCCC(NCCC)c1occc1C. The number of aryl methyl sites for hydroxylation is 1. The molecule has 0 amide bonds. The van der Waals surface area contributed by atoms with Crippen molar-refractivity contribution in [1.82, 2.24) is 5.32 Å². The van der Waals surface area contributed by atoms with Crippen molar-refractivity contribution in [3.63, 3.8) is 0 Å². The van der Waals surface area contributed by atoms with Gasteiger partial charge >= 0.3 is 0 Å². The van der Waals surface area contributed by atoms with Crippen LogP contribution in [0.1, 0.15) is 43.6 Å². The van der Waals surface area contributed by atoms with Crippen LogP contribution in [0.4, 0.5) is 0 Å². The first-order chi connectivity index (χ1) is 7.29. The molecule has 15 heavy (non-hydrogen) atoms. The van der Waals surface area contributed by atoms with Crippen LogP contribution in [0.5, 0.6) is 0 Å². The third-order valence-electron chi connectivity index (χ3n) is 2.52. The molecule has 1 aromatic rings. The summed E-state index contributed by atoms with van der Waals surface area (Å²) in [5, 5.41) is 3.51. The Balaban J connectivity index is 2.62. The van der Waals surface area contributed by atoms with E-state index in [1.54, 1.807) is 6.26 Å². The Morgan fingerprint density at radius 3 is 2.93 bits per heavy atom. The molecule has 0 radical (unpaired) electrons. The summed E-state index contributed by atoms with van der Waals surface area (Å²) in [5.41, 5.74) is 1.23. The maximum absolute atomic E-state index is 5.52. The maximum atomic E-state index is 5.52. The highest BCUT2D eigenvalue weighted by molar-refractivity contribution is 5.18. The van der Waals surface area contributed by atoms with Gasteiger partial charge in [-0.3, -0.25) is 0 Å². The fourth-order valence-electron chi connectivity index (χ4n) is 1.67. The van der Waals surface area contributed by atoms with Gasteiger partial charge < -0.3 is 9.73 Å². The zero-order valence-corrected chi connectivity index (χ0v) is 9.75. The molecule has 1 rings (SSSR count). The Kier molecular flexibility index (Phi) is 5.19. The van der Waals surface area contributed by atoms with Crippen molar-refractivity contribution in [1.29, 1.82) is 0 Å². The predicted octanol–water partition coefficient (Wildman–Crippen LogP) is 3.59. The molecule has 2 heteroatoms. The molecule has 0 fully saturated rings. The lowest BCUT2D eigenvalue weighted by atomic mass is 10.1. The van der Waals surface area contributed by atoms with Gasteiger partial charge in [0.25, 0.3) is 0 Å². The Bertz CT molecular complexity index is 290. The summed E-state index contributed by atoms with van der Waals surface area (Å²) in [5.74, 6) is 1.07. The molecule has 0 aliphatic carbocycles. The second kappa shape index (κ2) is 6.46. The molecule has 1 unspecified atom stereocenters. The van der Waals surface area contributed by atoms with E-state index in [9.17, 15) is 0 Å². The van der Waals surface area contributed by atoms with Gasteiger partial charge in [0.05, 0.1) is 12.3 Å². The number of hydrogen-bond acceptors (Lipinski definition) is 2. The molecule has 1 heterocycles. The first kappa shape index (κ1) is 12.1. The molecule has 0 bridgehead atoms. The molecule has 0 aliphatic rings. The van der Waals surface area contributed by atoms with Crippen LogP contribution < -0.4 is 5.32 Å². The summed E-state index contributed by atoms with van der Waals surface area (Å²) in [6, 6.07) is 2.35. The summed E-state index contributed by atoms with van der Waals surface area (Å²) in [7, 11) is 0. The van der Waals surface area contributed by atoms with E-state index in [0.717, 1.165) is 31.6 Å². The number of nitrogens with one attached hydrogen (secondary N) is 1. The topological polar surface area (TPSA) is 25.2 Å². The fraction of sp³-hybridized carbons (Fsp3) is 0.538. The van der Waals surface area contributed by atoms with Gasteiger partial charge in [-0.1, -0.05) is 13.0 Å². The summed E-state index contributed by atoms with van der Waals surface area (Å²) < 4.78 is 5.52. The van der Waals surface area contributed by atoms with Gasteiger partial charge in [-0.15, -0.1) is 6.58 Å². The highest BCUT2D eigenvalue weighted by Gasteiger charge is 2.14.